The lowest BCUT2D eigenvalue weighted by Gasteiger charge is -2.27. The van der Waals surface area contributed by atoms with Gasteiger partial charge in [0.15, 0.2) is 5.78 Å². The van der Waals surface area contributed by atoms with Crippen LogP contribution < -0.4 is 4.74 Å². The summed E-state index contributed by atoms with van der Waals surface area (Å²) < 4.78 is 5.25. The standard InChI is InChI=1S/C28H39NO2/c1-6-21-11-15-23(16-12-21)27-25(28(30)26(29(27)4)19-20(2)3)10-8-7-9-22-13-17-24(31-5)18-14-22/h11-18,20,25-27H,6-10,19H2,1-5H3/t25?,26-,27-/m0/s1. The molecule has 31 heavy (non-hydrogen) atoms. The van der Waals surface area contributed by atoms with Gasteiger partial charge in [-0.25, -0.2) is 0 Å². The molecule has 0 aliphatic carbocycles. The zero-order chi connectivity index (χ0) is 22.4. The average Bonchev–Trinajstić information content (AvgIpc) is 3.01. The maximum absolute atomic E-state index is 13.4. The predicted octanol–water partition coefficient (Wildman–Crippen LogP) is 6.26. The number of aryl methyl sites for hydroxylation is 2. The van der Waals surface area contributed by atoms with Gasteiger partial charge in [-0.3, -0.25) is 9.69 Å². The van der Waals surface area contributed by atoms with Gasteiger partial charge in [0.1, 0.15) is 5.75 Å². The summed E-state index contributed by atoms with van der Waals surface area (Å²) in [6.07, 6.45) is 6.19. The summed E-state index contributed by atoms with van der Waals surface area (Å²) in [5.74, 6) is 1.96. The van der Waals surface area contributed by atoms with Crippen LogP contribution in [0.15, 0.2) is 48.5 Å². The van der Waals surface area contributed by atoms with E-state index in [9.17, 15) is 4.79 Å². The molecule has 3 heteroatoms. The number of carbonyl (C=O) groups excluding carboxylic acids is 1. The van der Waals surface area contributed by atoms with Gasteiger partial charge < -0.3 is 4.74 Å². The van der Waals surface area contributed by atoms with Crippen LogP contribution in [-0.4, -0.2) is 30.9 Å². The van der Waals surface area contributed by atoms with Crippen molar-refractivity contribution < 1.29 is 9.53 Å². The minimum absolute atomic E-state index is 0.0439. The average molecular weight is 422 g/mol. The summed E-state index contributed by atoms with van der Waals surface area (Å²) in [6, 6.07) is 17.5. The molecule has 3 atom stereocenters. The zero-order valence-electron chi connectivity index (χ0n) is 19.9. The van der Waals surface area contributed by atoms with Gasteiger partial charge in [0.25, 0.3) is 0 Å². The molecule has 0 saturated carbocycles. The van der Waals surface area contributed by atoms with Gasteiger partial charge in [0, 0.05) is 12.0 Å². The highest BCUT2D eigenvalue weighted by Gasteiger charge is 2.46. The number of methoxy groups -OCH3 is 1. The summed E-state index contributed by atoms with van der Waals surface area (Å²) in [5.41, 5.74) is 3.98. The molecule has 1 unspecified atom stereocenters. The van der Waals surface area contributed by atoms with E-state index in [2.05, 4.69) is 69.1 Å². The van der Waals surface area contributed by atoms with Crippen molar-refractivity contribution in [1.82, 2.24) is 4.90 Å². The summed E-state index contributed by atoms with van der Waals surface area (Å²) in [5, 5.41) is 0. The fourth-order valence-corrected chi connectivity index (χ4v) is 5.01. The lowest BCUT2D eigenvalue weighted by atomic mass is 9.86. The number of hydrogen-bond acceptors (Lipinski definition) is 3. The number of nitrogens with zero attached hydrogens (tertiary/aromatic N) is 1. The number of likely N-dealkylation sites (N-methyl/N-ethyl adjacent to an activating group) is 1. The smallest absolute Gasteiger partial charge is 0.154 e. The monoisotopic (exact) mass is 421 g/mol. The molecule has 1 aliphatic rings. The molecule has 0 N–H and O–H groups in total. The van der Waals surface area contributed by atoms with Crippen molar-refractivity contribution in [3.8, 4) is 5.75 Å². The van der Waals surface area contributed by atoms with Gasteiger partial charge in [-0.1, -0.05) is 63.6 Å². The molecule has 0 radical (unpaired) electrons. The third kappa shape index (κ3) is 5.77. The second-order valence-corrected chi connectivity index (χ2v) is 9.45. The van der Waals surface area contributed by atoms with Crippen molar-refractivity contribution in [2.75, 3.05) is 14.2 Å². The molecule has 0 aromatic heterocycles. The number of benzene rings is 2. The van der Waals surface area contributed by atoms with E-state index < -0.39 is 0 Å². The third-order valence-electron chi connectivity index (χ3n) is 6.82. The minimum atomic E-state index is 0.0439. The number of rotatable bonds is 10. The Morgan fingerprint density at radius 2 is 1.61 bits per heavy atom. The molecular weight excluding hydrogens is 382 g/mol. The molecule has 1 fully saturated rings. The summed E-state index contributed by atoms with van der Waals surface area (Å²) >= 11 is 0. The summed E-state index contributed by atoms with van der Waals surface area (Å²) in [4.78, 5) is 15.8. The molecule has 0 amide bonds. The van der Waals surface area contributed by atoms with Crippen LogP contribution >= 0.6 is 0 Å². The molecule has 168 valence electrons. The van der Waals surface area contributed by atoms with Crippen LogP contribution in [-0.2, 0) is 17.6 Å². The van der Waals surface area contributed by atoms with Crippen LogP contribution in [0.3, 0.4) is 0 Å². The fourth-order valence-electron chi connectivity index (χ4n) is 5.01. The number of hydrogen-bond donors (Lipinski definition) is 0. The van der Waals surface area contributed by atoms with Crippen LogP contribution in [0, 0.1) is 11.8 Å². The number of unbranched alkanes of at least 4 members (excludes halogenated alkanes) is 1. The quantitative estimate of drug-likeness (QED) is 0.424. The van der Waals surface area contributed by atoms with E-state index >= 15 is 0 Å². The van der Waals surface area contributed by atoms with Gasteiger partial charge in [-0.2, -0.15) is 0 Å². The Labute approximate surface area is 188 Å². The van der Waals surface area contributed by atoms with Gasteiger partial charge in [0.05, 0.1) is 13.2 Å². The molecule has 0 bridgehead atoms. The van der Waals surface area contributed by atoms with Crippen LogP contribution in [0.1, 0.15) is 69.2 Å². The van der Waals surface area contributed by atoms with E-state index in [1.165, 1.54) is 16.7 Å². The Bertz CT molecular complexity index is 825. The summed E-state index contributed by atoms with van der Waals surface area (Å²) in [6.45, 7) is 6.62. The molecule has 1 aliphatic heterocycles. The van der Waals surface area contributed by atoms with Crippen LogP contribution in [0.2, 0.25) is 0 Å². The first-order valence-corrected chi connectivity index (χ1v) is 11.9. The van der Waals surface area contributed by atoms with Crippen LogP contribution in [0.5, 0.6) is 5.75 Å². The Morgan fingerprint density at radius 3 is 2.19 bits per heavy atom. The van der Waals surface area contributed by atoms with Crippen molar-refractivity contribution in [2.24, 2.45) is 11.8 Å². The molecule has 3 rings (SSSR count). The Morgan fingerprint density at radius 1 is 0.968 bits per heavy atom. The van der Waals surface area contributed by atoms with E-state index in [4.69, 9.17) is 4.74 Å². The van der Waals surface area contributed by atoms with Crippen LogP contribution in [0.25, 0.3) is 0 Å². The second kappa shape index (κ2) is 10.9. The second-order valence-electron chi connectivity index (χ2n) is 9.45. The third-order valence-corrected chi connectivity index (χ3v) is 6.82. The fraction of sp³-hybridized carbons (Fsp3) is 0.536. The van der Waals surface area contributed by atoms with Crippen LogP contribution in [0.4, 0.5) is 0 Å². The first-order chi connectivity index (χ1) is 14.9. The normalized spacial score (nSPS) is 21.7. The lowest BCUT2D eigenvalue weighted by molar-refractivity contribution is -0.123. The minimum Gasteiger partial charge on any atom is -0.497 e. The van der Waals surface area contributed by atoms with Crippen molar-refractivity contribution >= 4 is 5.78 Å². The molecule has 2 aromatic rings. The van der Waals surface area contributed by atoms with Gasteiger partial charge >= 0.3 is 0 Å². The number of carbonyl (C=O) groups is 1. The highest BCUT2D eigenvalue weighted by Crippen LogP contribution is 2.42. The SMILES string of the molecule is CCc1ccc([C@H]2C(CCCCc3ccc(OC)cc3)C(=O)[C@H](CC(C)C)N2C)cc1. The van der Waals surface area contributed by atoms with Gasteiger partial charge in [0.2, 0.25) is 0 Å². The van der Waals surface area contributed by atoms with Crippen molar-refractivity contribution in [3.05, 3.63) is 65.2 Å². The van der Waals surface area contributed by atoms with Gasteiger partial charge in [-0.05, 0) is 73.9 Å². The maximum Gasteiger partial charge on any atom is 0.154 e. The van der Waals surface area contributed by atoms with Gasteiger partial charge in [-0.15, -0.1) is 0 Å². The molecular formula is C28H39NO2. The molecule has 1 saturated heterocycles. The molecule has 1 heterocycles. The van der Waals surface area contributed by atoms with E-state index in [-0.39, 0.29) is 18.0 Å². The van der Waals surface area contributed by atoms with E-state index in [1.807, 2.05) is 12.1 Å². The van der Waals surface area contributed by atoms with Crippen molar-refractivity contribution in [1.29, 1.82) is 0 Å². The largest absolute Gasteiger partial charge is 0.497 e. The molecule has 2 aromatic carbocycles. The predicted molar refractivity (Wildman–Crippen MR) is 129 cm³/mol. The Balaban J connectivity index is 1.68. The zero-order valence-corrected chi connectivity index (χ0v) is 19.9. The first kappa shape index (κ1) is 23.5. The number of ether oxygens (including phenoxy) is 1. The number of likely N-dealkylation sites (tertiary alicyclic amines) is 1. The van der Waals surface area contributed by atoms with E-state index in [0.717, 1.165) is 44.3 Å². The summed E-state index contributed by atoms with van der Waals surface area (Å²) in [7, 11) is 3.85. The topological polar surface area (TPSA) is 29.5 Å². The number of ketones is 1. The Kier molecular flexibility index (Phi) is 8.31. The molecule has 0 spiro atoms. The van der Waals surface area contributed by atoms with Crippen molar-refractivity contribution in [3.63, 3.8) is 0 Å². The number of Topliss-reactive ketones (excluding diaryl/α,β-unsaturated/α-hetero) is 1. The lowest BCUT2D eigenvalue weighted by Crippen LogP contribution is -2.32. The molecule has 3 nitrogen and oxygen atoms in total. The maximum atomic E-state index is 13.4. The van der Waals surface area contributed by atoms with Crippen molar-refractivity contribution in [2.45, 2.75) is 71.4 Å². The highest BCUT2D eigenvalue weighted by atomic mass is 16.5. The highest BCUT2D eigenvalue weighted by molar-refractivity contribution is 5.89. The van der Waals surface area contributed by atoms with E-state index in [0.29, 0.717) is 11.7 Å². The van der Waals surface area contributed by atoms with E-state index in [1.54, 1.807) is 7.11 Å². The first-order valence-electron chi connectivity index (χ1n) is 11.9. The Hall–Kier alpha value is -2.13.